The fraction of sp³-hybridized carbons (Fsp3) is 0.500. The number of hydrogen-bond acceptors (Lipinski definition) is 4. The van der Waals surface area contributed by atoms with Crippen molar-refractivity contribution in [2.75, 3.05) is 17.1 Å². The zero-order chi connectivity index (χ0) is 13.1. The van der Waals surface area contributed by atoms with E-state index in [-0.39, 0.29) is 23.6 Å². The molecule has 2 N–H and O–H groups in total. The van der Waals surface area contributed by atoms with E-state index in [1.165, 1.54) is 13.1 Å². The largest absolute Gasteiger partial charge is 0.462 e. The molecule has 0 fully saturated rings. The highest BCUT2D eigenvalue weighted by molar-refractivity contribution is 7.92. The third-order valence-corrected chi connectivity index (χ3v) is 3.49. The highest BCUT2D eigenvalue weighted by Crippen LogP contribution is 2.21. The molecule has 0 aliphatic rings. The second-order valence-corrected chi connectivity index (χ2v) is 5.44. The van der Waals surface area contributed by atoms with Gasteiger partial charge in [-0.2, -0.15) is 0 Å². The van der Waals surface area contributed by atoms with E-state index < -0.39 is 16.0 Å². The average Bonchev–Trinajstić information content (AvgIpc) is 2.59. The van der Waals surface area contributed by atoms with E-state index in [9.17, 15) is 13.2 Å². The first kappa shape index (κ1) is 13.6. The number of carbonyl (C=O) groups excluding carboxylic acids is 1. The summed E-state index contributed by atoms with van der Waals surface area (Å²) in [6.07, 6.45) is 1.44. The summed E-state index contributed by atoms with van der Waals surface area (Å²) in [5.74, 6) is -0.598. The number of aromatic nitrogens is 1. The van der Waals surface area contributed by atoms with Gasteiger partial charge in [-0.3, -0.25) is 4.72 Å². The Bertz CT molecular complexity index is 504. The van der Waals surface area contributed by atoms with Gasteiger partial charge in [-0.1, -0.05) is 0 Å². The molecule has 17 heavy (non-hydrogen) atoms. The average molecular weight is 260 g/mol. The van der Waals surface area contributed by atoms with Crippen LogP contribution in [0.2, 0.25) is 0 Å². The summed E-state index contributed by atoms with van der Waals surface area (Å²) in [7, 11) is -3.41. The number of anilines is 1. The van der Waals surface area contributed by atoms with Crippen LogP contribution in [0.1, 0.15) is 29.9 Å². The Labute approximate surface area is 100 Å². The summed E-state index contributed by atoms with van der Waals surface area (Å²) in [5.41, 5.74) is 1.02. The van der Waals surface area contributed by atoms with Crippen LogP contribution < -0.4 is 4.72 Å². The van der Waals surface area contributed by atoms with Gasteiger partial charge >= 0.3 is 5.97 Å². The maximum Gasteiger partial charge on any atom is 0.342 e. The number of esters is 1. The Hall–Kier alpha value is -1.50. The Morgan fingerprint density at radius 3 is 2.65 bits per heavy atom. The molecule has 0 spiro atoms. The van der Waals surface area contributed by atoms with Crippen LogP contribution in [0, 0.1) is 6.92 Å². The second kappa shape index (κ2) is 5.22. The van der Waals surface area contributed by atoms with Crippen LogP contribution >= 0.6 is 0 Å². The summed E-state index contributed by atoms with van der Waals surface area (Å²) in [6, 6.07) is 0. The van der Waals surface area contributed by atoms with Gasteiger partial charge in [0.1, 0.15) is 5.56 Å². The molecule has 0 aliphatic carbocycles. The molecule has 0 unspecified atom stereocenters. The molecule has 0 bridgehead atoms. The van der Waals surface area contributed by atoms with Crippen LogP contribution in [0.15, 0.2) is 6.20 Å². The van der Waals surface area contributed by atoms with E-state index in [1.54, 1.807) is 13.8 Å². The van der Waals surface area contributed by atoms with Crippen molar-refractivity contribution in [3.63, 3.8) is 0 Å². The van der Waals surface area contributed by atoms with Gasteiger partial charge < -0.3 is 9.72 Å². The van der Waals surface area contributed by atoms with Crippen LogP contribution in [0.4, 0.5) is 5.69 Å². The summed E-state index contributed by atoms with van der Waals surface area (Å²) in [6.45, 7) is 5.13. The predicted octanol–water partition coefficient (Wildman–Crippen LogP) is 1.26. The van der Waals surface area contributed by atoms with Crippen molar-refractivity contribution < 1.29 is 17.9 Å². The van der Waals surface area contributed by atoms with E-state index in [4.69, 9.17) is 4.74 Å². The van der Waals surface area contributed by atoms with Gasteiger partial charge in [-0.15, -0.1) is 0 Å². The zero-order valence-corrected chi connectivity index (χ0v) is 10.8. The molecule has 0 saturated carbocycles. The fourth-order valence-corrected chi connectivity index (χ4v) is 1.95. The molecular formula is C10H16N2O4S. The number of hydrogen-bond donors (Lipinski definition) is 2. The van der Waals surface area contributed by atoms with Crippen molar-refractivity contribution in [2.24, 2.45) is 0 Å². The second-order valence-electron chi connectivity index (χ2n) is 3.43. The van der Waals surface area contributed by atoms with Gasteiger partial charge in [-0.25, -0.2) is 13.2 Å². The lowest BCUT2D eigenvalue weighted by atomic mass is 10.2. The monoisotopic (exact) mass is 260 g/mol. The first-order valence-electron chi connectivity index (χ1n) is 5.26. The molecule has 0 radical (unpaired) electrons. The minimum Gasteiger partial charge on any atom is -0.462 e. The summed E-state index contributed by atoms with van der Waals surface area (Å²) in [5, 5.41) is 0. The fourth-order valence-electron chi connectivity index (χ4n) is 1.31. The van der Waals surface area contributed by atoms with Crippen LogP contribution in [0.25, 0.3) is 0 Å². The van der Waals surface area contributed by atoms with Gasteiger partial charge in [0, 0.05) is 11.9 Å². The molecule has 1 aromatic rings. The quantitative estimate of drug-likeness (QED) is 0.780. The van der Waals surface area contributed by atoms with Gasteiger partial charge in [0.2, 0.25) is 10.0 Å². The molecule has 7 heteroatoms. The maximum atomic E-state index is 11.6. The van der Waals surface area contributed by atoms with Crippen LogP contribution in [-0.4, -0.2) is 31.7 Å². The van der Waals surface area contributed by atoms with Crippen LogP contribution in [-0.2, 0) is 14.8 Å². The number of rotatable bonds is 5. The molecule has 0 saturated heterocycles. The van der Waals surface area contributed by atoms with E-state index >= 15 is 0 Å². The Balaban J connectivity index is 3.06. The number of sulfonamides is 1. The van der Waals surface area contributed by atoms with E-state index in [2.05, 4.69) is 9.71 Å². The van der Waals surface area contributed by atoms with Crippen molar-refractivity contribution >= 4 is 21.7 Å². The van der Waals surface area contributed by atoms with E-state index in [1.807, 2.05) is 0 Å². The van der Waals surface area contributed by atoms with E-state index in [0.29, 0.717) is 5.69 Å². The lowest BCUT2D eigenvalue weighted by Crippen LogP contribution is -2.17. The highest BCUT2D eigenvalue weighted by atomic mass is 32.2. The molecule has 0 amide bonds. The van der Waals surface area contributed by atoms with E-state index in [0.717, 1.165) is 0 Å². The SMILES string of the molecule is CCOC(=O)c1c(NS(=O)(=O)CC)c[nH]c1C. The molecule has 1 heterocycles. The standard InChI is InChI=1S/C10H16N2O4S/c1-4-16-10(13)9-7(3)11-6-8(9)12-17(14,15)5-2/h6,11-12H,4-5H2,1-3H3. The minimum absolute atomic E-state index is 0.0561. The number of aryl methyl sites for hydroxylation is 1. The lowest BCUT2D eigenvalue weighted by molar-refractivity contribution is 0.0527. The number of carbonyl (C=O) groups is 1. The molecular weight excluding hydrogens is 244 g/mol. The van der Waals surface area contributed by atoms with Crippen molar-refractivity contribution in [1.29, 1.82) is 0 Å². The predicted molar refractivity (Wildman–Crippen MR) is 64.6 cm³/mol. The number of nitrogens with one attached hydrogen (secondary N) is 2. The Kier molecular flexibility index (Phi) is 4.17. The van der Waals surface area contributed by atoms with Gasteiger partial charge in [0.15, 0.2) is 0 Å². The molecule has 6 nitrogen and oxygen atoms in total. The van der Waals surface area contributed by atoms with Gasteiger partial charge in [0.05, 0.1) is 18.0 Å². The summed E-state index contributed by atoms with van der Waals surface area (Å²) >= 11 is 0. The normalized spacial score (nSPS) is 11.2. The third-order valence-electron chi connectivity index (χ3n) is 2.20. The lowest BCUT2D eigenvalue weighted by Gasteiger charge is -2.07. The Morgan fingerprint density at radius 1 is 1.47 bits per heavy atom. The first-order valence-corrected chi connectivity index (χ1v) is 6.92. The summed E-state index contributed by atoms with van der Waals surface area (Å²) in [4.78, 5) is 14.4. The van der Waals surface area contributed by atoms with Crippen molar-refractivity contribution in [2.45, 2.75) is 20.8 Å². The first-order chi connectivity index (χ1) is 7.91. The van der Waals surface area contributed by atoms with Crippen molar-refractivity contribution in [1.82, 2.24) is 4.98 Å². The molecule has 0 aromatic carbocycles. The molecule has 96 valence electrons. The number of ether oxygens (including phenoxy) is 1. The third kappa shape index (κ3) is 3.23. The van der Waals surface area contributed by atoms with Crippen molar-refractivity contribution in [3.8, 4) is 0 Å². The van der Waals surface area contributed by atoms with Crippen LogP contribution in [0.3, 0.4) is 0 Å². The van der Waals surface area contributed by atoms with Crippen LogP contribution in [0.5, 0.6) is 0 Å². The maximum absolute atomic E-state index is 11.6. The molecule has 0 aliphatic heterocycles. The highest BCUT2D eigenvalue weighted by Gasteiger charge is 2.20. The molecule has 1 aromatic heterocycles. The zero-order valence-electron chi connectivity index (χ0n) is 10.0. The van der Waals surface area contributed by atoms with Gasteiger partial charge in [-0.05, 0) is 20.8 Å². The van der Waals surface area contributed by atoms with Gasteiger partial charge in [0.25, 0.3) is 0 Å². The minimum atomic E-state index is -3.41. The molecule has 1 rings (SSSR count). The Morgan fingerprint density at radius 2 is 2.12 bits per heavy atom. The smallest absolute Gasteiger partial charge is 0.342 e. The topological polar surface area (TPSA) is 88.3 Å². The van der Waals surface area contributed by atoms with Crippen molar-refractivity contribution in [3.05, 3.63) is 17.5 Å². The summed E-state index contributed by atoms with van der Waals surface area (Å²) < 4.78 is 30.1. The molecule has 0 atom stereocenters. The number of H-pyrrole nitrogens is 1. The number of aromatic amines is 1.